The highest BCUT2D eigenvalue weighted by atomic mass is 16.5. The second kappa shape index (κ2) is 5.03. The first-order valence-electron chi connectivity index (χ1n) is 6.39. The first kappa shape index (κ1) is 12.2. The number of amides is 1. The Morgan fingerprint density at radius 1 is 1.37 bits per heavy atom. The Morgan fingerprint density at radius 3 is 3.11 bits per heavy atom. The fraction of sp³-hybridized carbons (Fsp3) is 0.357. The molecule has 2 aromatic rings. The van der Waals surface area contributed by atoms with Crippen LogP contribution in [0.4, 0.5) is 0 Å². The van der Waals surface area contributed by atoms with Gasteiger partial charge in [0.25, 0.3) is 5.91 Å². The van der Waals surface area contributed by atoms with E-state index in [0.717, 1.165) is 24.0 Å². The monoisotopic (exact) mass is 259 g/mol. The van der Waals surface area contributed by atoms with Crippen LogP contribution < -0.4 is 10.6 Å². The van der Waals surface area contributed by atoms with Gasteiger partial charge in [0.15, 0.2) is 0 Å². The Bertz CT molecular complexity index is 593. The first-order valence-corrected chi connectivity index (χ1v) is 6.39. The molecule has 0 spiro atoms. The average molecular weight is 259 g/mol. The van der Waals surface area contributed by atoms with E-state index in [9.17, 15) is 4.79 Å². The number of H-pyrrole nitrogens is 1. The normalized spacial score (nSPS) is 22.8. The second-order valence-electron chi connectivity index (χ2n) is 4.79. The van der Waals surface area contributed by atoms with Crippen molar-refractivity contribution in [3.8, 4) is 0 Å². The highest BCUT2D eigenvalue weighted by Crippen LogP contribution is 2.14. The number of aromatic amines is 1. The van der Waals surface area contributed by atoms with Crippen molar-refractivity contribution in [3.05, 3.63) is 36.0 Å². The van der Waals surface area contributed by atoms with Crippen LogP contribution >= 0.6 is 0 Å². The average Bonchev–Trinajstić information content (AvgIpc) is 3.05. The molecule has 5 nitrogen and oxygen atoms in total. The maximum atomic E-state index is 12.2. The van der Waals surface area contributed by atoms with Crippen molar-refractivity contribution in [2.24, 2.45) is 0 Å². The van der Waals surface area contributed by atoms with Crippen molar-refractivity contribution >= 4 is 16.8 Å². The van der Waals surface area contributed by atoms with E-state index in [-0.39, 0.29) is 18.1 Å². The Kier molecular flexibility index (Phi) is 3.23. The van der Waals surface area contributed by atoms with Crippen LogP contribution in [-0.4, -0.2) is 43.2 Å². The molecule has 1 fully saturated rings. The molecule has 1 aliphatic rings. The molecule has 19 heavy (non-hydrogen) atoms. The molecular weight excluding hydrogens is 242 g/mol. The maximum Gasteiger partial charge on any atom is 0.251 e. The summed E-state index contributed by atoms with van der Waals surface area (Å²) in [4.78, 5) is 15.3. The van der Waals surface area contributed by atoms with Gasteiger partial charge in [-0.3, -0.25) is 4.79 Å². The number of carbonyl (C=O) groups excluding carboxylic acids is 1. The first-order chi connectivity index (χ1) is 9.28. The molecule has 0 saturated carbocycles. The van der Waals surface area contributed by atoms with Crippen LogP contribution in [0.3, 0.4) is 0 Å². The smallest absolute Gasteiger partial charge is 0.251 e. The number of ether oxygens (including phenoxy) is 1. The molecule has 1 aromatic carbocycles. The van der Waals surface area contributed by atoms with Gasteiger partial charge in [-0.1, -0.05) is 6.07 Å². The third-order valence-electron chi connectivity index (χ3n) is 3.60. The predicted molar refractivity (Wildman–Crippen MR) is 73.2 cm³/mol. The van der Waals surface area contributed by atoms with E-state index in [1.165, 1.54) is 0 Å². The zero-order valence-corrected chi connectivity index (χ0v) is 10.8. The standard InChI is InChI=1S/C14H17N3O2/c1-19-13-8-15-7-12(13)17-14(18)10-3-2-9-4-5-16-11(9)6-10/h2-6,12-13,15-16H,7-8H2,1H3,(H,17,18)/t12?,13-/m0/s1. The second-order valence-corrected chi connectivity index (χ2v) is 4.79. The lowest BCUT2D eigenvalue weighted by atomic mass is 10.1. The number of nitrogens with one attached hydrogen (secondary N) is 3. The molecule has 0 aliphatic carbocycles. The highest BCUT2D eigenvalue weighted by molar-refractivity contribution is 5.98. The quantitative estimate of drug-likeness (QED) is 0.766. The number of hydrogen-bond donors (Lipinski definition) is 3. The number of hydrogen-bond acceptors (Lipinski definition) is 3. The van der Waals surface area contributed by atoms with E-state index in [0.29, 0.717) is 5.56 Å². The van der Waals surface area contributed by atoms with Crippen molar-refractivity contribution in [1.82, 2.24) is 15.6 Å². The molecule has 5 heteroatoms. The van der Waals surface area contributed by atoms with Crippen LogP contribution in [0.1, 0.15) is 10.4 Å². The van der Waals surface area contributed by atoms with Gasteiger partial charge in [-0.2, -0.15) is 0 Å². The lowest BCUT2D eigenvalue weighted by Crippen LogP contribution is -2.43. The van der Waals surface area contributed by atoms with Crippen molar-refractivity contribution in [3.63, 3.8) is 0 Å². The number of rotatable bonds is 3. The minimum Gasteiger partial charge on any atom is -0.378 e. The van der Waals surface area contributed by atoms with Gasteiger partial charge in [0.2, 0.25) is 0 Å². The van der Waals surface area contributed by atoms with Crippen LogP contribution in [0.25, 0.3) is 10.9 Å². The number of methoxy groups -OCH3 is 1. The molecule has 2 heterocycles. The van der Waals surface area contributed by atoms with Gasteiger partial charge >= 0.3 is 0 Å². The number of benzene rings is 1. The van der Waals surface area contributed by atoms with Gasteiger partial charge in [-0.15, -0.1) is 0 Å². The Morgan fingerprint density at radius 2 is 2.26 bits per heavy atom. The zero-order valence-electron chi connectivity index (χ0n) is 10.8. The van der Waals surface area contributed by atoms with Gasteiger partial charge in [-0.05, 0) is 23.6 Å². The lowest BCUT2D eigenvalue weighted by Gasteiger charge is -2.18. The van der Waals surface area contributed by atoms with Gasteiger partial charge in [0, 0.05) is 37.5 Å². The van der Waals surface area contributed by atoms with E-state index in [2.05, 4.69) is 15.6 Å². The summed E-state index contributed by atoms with van der Waals surface area (Å²) in [6, 6.07) is 7.67. The van der Waals surface area contributed by atoms with Crippen LogP contribution in [-0.2, 0) is 4.74 Å². The largest absolute Gasteiger partial charge is 0.378 e. The fourth-order valence-corrected chi connectivity index (χ4v) is 2.49. The molecule has 3 N–H and O–H groups in total. The van der Waals surface area contributed by atoms with Crippen molar-refractivity contribution in [2.75, 3.05) is 20.2 Å². The van der Waals surface area contributed by atoms with Crippen LogP contribution in [0.5, 0.6) is 0 Å². The molecule has 1 unspecified atom stereocenters. The summed E-state index contributed by atoms with van der Waals surface area (Å²) >= 11 is 0. The van der Waals surface area contributed by atoms with E-state index >= 15 is 0 Å². The van der Waals surface area contributed by atoms with Gasteiger partial charge in [0.1, 0.15) is 0 Å². The van der Waals surface area contributed by atoms with E-state index in [4.69, 9.17) is 4.74 Å². The highest BCUT2D eigenvalue weighted by Gasteiger charge is 2.28. The van der Waals surface area contributed by atoms with E-state index < -0.39 is 0 Å². The van der Waals surface area contributed by atoms with Crippen LogP contribution in [0, 0.1) is 0 Å². The number of fused-ring (bicyclic) bond motifs is 1. The molecule has 2 atom stereocenters. The van der Waals surface area contributed by atoms with Gasteiger partial charge in [-0.25, -0.2) is 0 Å². The minimum absolute atomic E-state index is 0.0249. The van der Waals surface area contributed by atoms with Crippen LogP contribution in [0.15, 0.2) is 30.5 Å². The number of carbonyl (C=O) groups is 1. The molecule has 0 radical (unpaired) electrons. The van der Waals surface area contributed by atoms with E-state index in [1.54, 1.807) is 7.11 Å². The fourth-order valence-electron chi connectivity index (χ4n) is 2.49. The van der Waals surface area contributed by atoms with Crippen molar-refractivity contribution in [1.29, 1.82) is 0 Å². The molecule has 1 aliphatic heterocycles. The maximum absolute atomic E-state index is 12.2. The Hall–Kier alpha value is -1.85. The van der Waals surface area contributed by atoms with Gasteiger partial charge in [0.05, 0.1) is 12.1 Å². The summed E-state index contributed by atoms with van der Waals surface area (Å²) in [6.07, 6.45) is 1.91. The Balaban J connectivity index is 1.76. The number of aromatic nitrogens is 1. The lowest BCUT2D eigenvalue weighted by molar-refractivity contribution is 0.0780. The molecule has 1 aromatic heterocycles. The third kappa shape index (κ3) is 2.34. The summed E-state index contributed by atoms with van der Waals surface area (Å²) in [7, 11) is 1.67. The predicted octanol–water partition coefficient (Wildman–Crippen LogP) is 0.884. The zero-order chi connectivity index (χ0) is 13.2. The molecule has 1 amide bonds. The summed E-state index contributed by atoms with van der Waals surface area (Å²) < 4.78 is 5.33. The topological polar surface area (TPSA) is 66.2 Å². The summed E-state index contributed by atoms with van der Waals surface area (Å²) in [5.41, 5.74) is 1.64. The molecule has 0 bridgehead atoms. The summed E-state index contributed by atoms with van der Waals surface area (Å²) in [5, 5.41) is 7.33. The van der Waals surface area contributed by atoms with Crippen LogP contribution in [0.2, 0.25) is 0 Å². The van der Waals surface area contributed by atoms with Gasteiger partial charge < -0.3 is 20.4 Å². The minimum atomic E-state index is -0.0627. The van der Waals surface area contributed by atoms with E-state index in [1.807, 2.05) is 30.5 Å². The molecule has 100 valence electrons. The van der Waals surface area contributed by atoms with Crippen molar-refractivity contribution in [2.45, 2.75) is 12.1 Å². The molecular formula is C14H17N3O2. The SMILES string of the molecule is CO[C@H]1CNCC1NC(=O)c1ccc2cc[nH]c2c1. The third-order valence-corrected chi connectivity index (χ3v) is 3.60. The summed E-state index contributed by atoms with van der Waals surface area (Å²) in [5.74, 6) is -0.0627. The molecule has 1 saturated heterocycles. The summed E-state index contributed by atoms with van der Waals surface area (Å²) in [6.45, 7) is 1.52. The Labute approximate surface area is 111 Å². The van der Waals surface area contributed by atoms with Crippen molar-refractivity contribution < 1.29 is 9.53 Å². The molecule has 3 rings (SSSR count).